The molecule has 2 heterocycles. The van der Waals surface area contributed by atoms with Gasteiger partial charge in [0.15, 0.2) is 11.2 Å². The zero-order valence-corrected chi connectivity index (χ0v) is 15.8. The Morgan fingerprint density at radius 2 is 2.07 bits per heavy atom. The van der Waals surface area contributed by atoms with E-state index < -0.39 is 6.10 Å². The van der Waals surface area contributed by atoms with Gasteiger partial charge >= 0.3 is 0 Å². The number of hydrogen-bond acceptors (Lipinski definition) is 5. The summed E-state index contributed by atoms with van der Waals surface area (Å²) in [6, 6.07) is 16.0. The molecular weight excluding hydrogens is 360 g/mol. The molecule has 5 nitrogen and oxygen atoms in total. The van der Waals surface area contributed by atoms with E-state index in [4.69, 9.17) is 9.47 Å². The van der Waals surface area contributed by atoms with Crippen molar-refractivity contribution in [1.82, 2.24) is 4.98 Å². The first kappa shape index (κ1) is 17.7. The van der Waals surface area contributed by atoms with Gasteiger partial charge in [-0.15, -0.1) is 11.3 Å². The maximum Gasteiger partial charge on any atom is 0.267 e. The minimum Gasteiger partial charge on any atom is -0.480 e. The maximum atomic E-state index is 12.5. The van der Waals surface area contributed by atoms with Gasteiger partial charge in [0.05, 0.1) is 12.3 Å². The molecule has 1 aliphatic heterocycles. The number of para-hydroxylation sites is 1. The molecule has 4 rings (SSSR count). The Hall–Kier alpha value is -2.70. The summed E-state index contributed by atoms with van der Waals surface area (Å²) in [5, 5.41) is 5.41. The molecule has 2 aromatic carbocycles. The van der Waals surface area contributed by atoms with Crippen LogP contribution in [0.1, 0.15) is 11.1 Å². The van der Waals surface area contributed by atoms with Crippen molar-refractivity contribution in [1.29, 1.82) is 0 Å². The number of anilines is 1. The normalized spacial score (nSPS) is 15.2. The topological polar surface area (TPSA) is 60.5 Å². The number of thiazole rings is 1. The molecule has 3 aromatic rings. The van der Waals surface area contributed by atoms with Crippen LogP contribution in [0.15, 0.2) is 53.9 Å². The minimum absolute atomic E-state index is 0.165. The van der Waals surface area contributed by atoms with E-state index in [0.29, 0.717) is 18.2 Å². The highest BCUT2D eigenvalue weighted by molar-refractivity contribution is 7.14. The number of aromatic nitrogens is 1. The molecular formula is C21H20N2O3S. The lowest BCUT2D eigenvalue weighted by Crippen LogP contribution is -2.31. The van der Waals surface area contributed by atoms with Crippen LogP contribution in [0.5, 0.6) is 5.75 Å². The van der Waals surface area contributed by atoms with Crippen molar-refractivity contribution in [3.63, 3.8) is 0 Å². The molecule has 6 heteroatoms. The zero-order valence-electron chi connectivity index (χ0n) is 15.0. The molecule has 0 aliphatic carbocycles. The lowest BCUT2D eigenvalue weighted by atomic mass is 10.1. The van der Waals surface area contributed by atoms with Crippen LogP contribution in [-0.4, -0.2) is 30.7 Å². The number of benzene rings is 2. The summed E-state index contributed by atoms with van der Waals surface area (Å²) in [7, 11) is 1.70. The molecule has 1 amide bonds. The predicted octanol–water partition coefficient (Wildman–Crippen LogP) is 3.94. The van der Waals surface area contributed by atoms with Crippen molar-refractivity contribution >= 4 is 22.4 Å². The summed E-state index contributed by atoms with van der Waals surface area (Å²) in [6.45, 7) is 0.708. The van der Waals surface area contributed by atoms with Gasteiger partial charge in [0.1, 0.15) is 5.75 Å². The van der Waals surface area contributed by atoms with Gasteiger partial charge in [-0.2, -0.15) is 0 Å². The van der Waals surface area contributed by atoms with Crippen molar-refractivity contribution in [2.75, 3.05) is 19.0 Å². The first-order valence-corrected chi connectivity index (χ1v) is 9.70. The molecule has 0 saturated heterocycles. The second-order valence-corrected chi connectivity index (χ2v) is 7.24. The van der Waals surface area contributed by atoms with Crippen molar-refractivity contribution < 1.29 is 14.3 Å². The molecule has 138 valence electrons. The van der Waals surface area contributed by atoms with Crippen LogP contribution < -0.4 is 10.1 Å². The fourth-order valence-corrected chi connectivity index (χ4v) is 3.76. The smallest absolute Gasteiger partial charge is 0.267 e. The van der Waals surface area contributed by atoms with E-state index in [9.17, 15) is 4.79 Å². The summed E-state index contributed by atoms with van der Waals surface area (Å²) in [4.78, 5) is 17.0. The number of methoxy groups -OCH3 is 1. The van der Waals surface area contributed by atoms with Crippen LogP contribution in [0.3, 0.4) is 0 Å². The monoisotopic (exact) mass is 380 g/mol. The Bertz CT molecular complexity index is 912. The van der Waals surface area contributed by atoms with Crippen LogP contribution in [-0.2, 0) is 22.4 Å². The van der Waals surface area contributed by atoms with E-state index in [-0.39, 0.29) is 5.91 Å². The van der Waals surface area contributed by atoms with Gasteiger partial charge in [-0.05, 0) is 23.6 Å². The number of carbonyl (C=O) groups is 1. The lowest BCUT2D eigenvalue weighted by molar-refractivity contribution is -0.122. The fourth-order valence-electron chi connectivity index (χ4n) is 3.04. The van der Waals surface area contributed by atoms with Gasteiger partial charge in [0.2, 0.25) is 0 Å². The second-order valence-electron chi connectivity index (χ2n) is 6.39. The summed E-state index contributed by atoms with van der Waals surface area (Å²) in [6.07, 6.45) is 0.970. The Balaban J connectivity index is 1.39. The van der Waals surface area contributed by atoms with Crippen molar-refractivity contribution in [3.8, 4) is 17.0 Å². The maximum absolute atomic E-state index is 12.5. The Morgan fingerprint density at radius 3 is 2.85 bits per heavy atom. The van der Waals surface area contributed by atoms with Crippen molar-refractivity contribution in [2.45, 2.75) is 18.9 Å². The highest BCUT2D eigenvalue weighted by Gasteiger charge is 2.29. The molecule has 0 unspecified atom stereocenters. The quantitative estimate of drug-likeness (QED) is 0.704. The van der Waals surface area contributed by atoms with E-state index in [1.807, 2.05) is 41.8 Å². The number of nitrogens with zero attached hydrogens (tertiary/aromatic N) is 1. The van der Waals surface area contributed by atoms with Crippen LogP contribution >= 0.6 is 11.3 Å². The Morgan fingerprint density at radius 1 is 1.26 bits per heavy atom. The van der Waals surface area contributed by atoms with E-state index >= 15 is 0 Å². The predicted molar refractivity (Wildman–Crippen MR) is 106 cm³/mol. The molecule has 27 heavy (non-hydrogen) atoms. The van der Waals surface area contributed by atoms with Crippen LogP contribution in [0, 0.1) is 0 Å². The van der Waals surface area contributed by atoms with Crippen LogP contribution in [0.4, 0.5) is 5.13 Å². The average molecular weight is 380 g/mol. The van der Waals surface area contributed by atoms with E-state index in [2.05, 4.69) is 22.4 Å². The molecule has 1 aliphatic rings. The molecule has 0 fully saturated rings. The number of ether oxygens (including phenoxy) is 2. The third-order valence-corrected chi connectivity index (χ3v) is 5.28. The molecule has 0 spiro atoms. The molecule has 1 N–H and O–H groups in total. The van der Waals surface area contributed by atoms with E-state index in [1.54, 1.807) is 7.11 Å². The largest absolute Gasteiger partial charge is 0.480 e. The van der Waals surface area contributed by atoms with Gasteiger partial charge in [-0.1, -0.05) is 42.5 Å². The minimum atomic E-state index is -0.505. The summed E-state index contributed by atoms with van der Waals surface area (Å²) >= 11 is 1.41. The standard InChI is InChI=1S/C21H20N2O3S/c1-25-11-10-14-6-8-15(9-7-14)17-13-27-21(22-17)23-20(24)19-12-16-4-2-3-5-18(16)26-19/h2-9,13,19H,10-12H2,1H3,(H,22,23,24)/t19-/m0/s1. The van der Waals surface area contributed by atoms with Gasteiger partial charge in [-0.25, -0.2) is 4.98 Å². The number of carbonyl (C=O) groups excluding carboxylic acids is 1. The summed E-state index contributed by atoms with van der Waals surface area (Å²) in [5.41, 5.74) is 4.16. The Labute approximate surface area is 162 Å². The number of hydrogen-bond donors (Lipinski definition) is 1. The first-order valence-electron chi connectivity index (χ1n) is 8.82. The highest BCUT2D eigenvalue weighted by atomic mass is 32.1. The van der Waals surface area contributed by atoms with Gasteiger partial charge in [0.25, 0.3) is 5.91 Å². The fraction of sp³-hybridized carbons (Fsp3) is 0.238. The molecule has 1 aromatic heterocycles. The van der Waals surface area contributed by atoms with Crippen molar-refractivity contribution in [2.24, 2.45) is 0 Å². The summed E-state index contributed by atoms with van der Waals surface area (Å²) in [5.74, 6) is 0.619. The molecule has 0 saturated carbocycles. The van der Waals surface area contributed by atoms with Crippen molar-refractivity contribution in [3.05, 3.63) is 65.0 Å². The number of amides is 1. The van der Waals surface area contributed by atoms with Crippen LogP contribution in [0.25, 0.3) is 11.3 Å². The highest BCUT2D eigenvalue weighted by Crippen LogP contribution is 2.30. The van der Waals surface area contributed by atoms with Gasteiger partial charge < -0.3 is 9.47 Å². The van der Waals surface area contributed by atoms with Crippen LogP contribution in [0.2, 0.25) is 0 Å². The first-order chi connectivity index (χ1) is 13.2. The van der Waals surface area contributed by atoms with Gasteiger partial charge in [-0.3, -0.25) is 10.1 Å². The zero-order chi connectivity index (χ0) is 18.6. The van der Waals surface area contributed by atoms with E-state index in [1.165, 1.54) is 16.9 Å². The number of fused-ring (bicyclic) bond motifs is 1. The molecule has 0 bridgehead atoms. The summed E-state index contributed by atoms with van der Waals surface area (Å²) < 4.78 is 10.8. The SMILES string of the molecule is COCCc1ccc(-c2csc(NC(=O)[C@@H]3Cc4ccccc4O3)n2)cc1. The second kappa shape index (κ2) is 7.90. The van der Waals surface area contributed by atoms with E-state index in [0.717, 1.165) is 29.0 Å². The molecule has 0 radical (unpaired) electrons. The number of rotatable bonds is 6. The third-order valence-electron chi connectivity index (χ3n) is 4.52. The van der Waals surface area contributed by atoms with Gasteiger partial charge in [0, 0.05) is 24.5 Å². The number of nitrogens with one attached hydrogen (secondary N) is 1. The average Bonchev–Trinajstić information content (AvgIpc) is 3.33. The Kier molecular flexibility index (Phi) is 5.18. The lowest BCUT2D eigenvalue weighted by Gasteiger charge is -2.09. The third kappa shape index (κ3) is 4.02. The molecule has 1 atom stereocenters.